The van der Waals surface area contributed by atoms with Crippen LogP contribution >= 0.6 is 22.7 Å². The number of ketones is 5. The van der Waals surface area contributed by atoms with E-state index >= 15 is 0 Å². The second-order valence-corrected chi connectivity index (χ2v) is 21.2. The lowest BCUT2D eigenvalue weighted by atomic mass is 10.1. The summed E-state index contributed by atoms with van der Waals surface area (Å²) in [5.74, 6) is -3.82. The van der Waals surface area contributed by atoms with E-state index < -0.39 is 23.3 Å². The largest absolute Gasteiger partial charge is 0.383 e. The van der Waals surface area contributed by atoms with E-state index in [4.69, 9.17) is 5.73 Å². The molecule has 9 aromatic rings. The van der Waals surface area contributed by atoms with Crippen molar-refractivity contribution in [3.05, 3.63) is 206 Å². The van der Waals surface area contributed by atoms with E-state index in [9.17, 15) is 60.7 Å². The van der Waals surface area contributed by atoms with Gasteiger partial charge in [0.25, 0.3) is 0 Å². The molecule has 0 atom stereocenters. The normalized spacial score (nSPS) is 10.4. The molecule has 0 aliphatic carbocycles. The first kappa shape index (κ1) is 69.2. The van der Waals surface area contributed by atoms with Crippen LogP contribution in [0, 0.1) is 23.3 Å². The summed E-state index contributed by atoms with van der Waals surface area (Å²) in [6, 6.07) is 25.1. The average Bonchev–Trinajstić information content (AvgIpc) is 2.42. The topological polar surface area (TPSA) is 264 Å². The van der Waals surface area contributed by atoms with Crippen molar-refractivity contribution >= 4 is 109 Å². The Morgan fingerprint density at radius 2 is 1.04 bits per heavy atom. The quantitative estimate of drug-likeness (QED) is 0.0519. The number of amides is 4. The van der Waals surface area contributed by atoms with E-state index in [1.807, 2.05) is 22.9 Å². The van der Waals surface area contributed by atoms with Crippen molar-refractivity contribution < 1.29 is 60.7 Å². The van der Waals surface area contributed by atoms with Crippen molar-refractivity contribution in [3.63, 3.8) is 0 Å². The zero-order chi connectivity index (χ0) is 66.0. The predicted molar refractivity (Wildman–Crippen MR) is 335 cm³/mol. The number of nitrogens with two attached hydrogens (primary N) is 1. The number of nitrogens with one attached hydrogen (secondary N) is 2. The molecule has 0 saturated heterocycles. The van der Waals surface area contributed by atoms with Crippen LogP contribution in [0.4, 0.5) is 46.1 Å². The number of hydrogen-bond donors (Lipinski definition) is 3. The molecule has 9 rings (SSSR count). The summed E-state index contributed by atoms with van der Waals surface area (Å²) in [5, 5.41) is 16.5. The van der Waals surface area contributed by atoms with Crippen LogP contribution in [0.1, 0.15) is 103 Å². The number of aromatic amines is 1. The number of fused-ring (bicyclic) bond motifs is 1. The first-order valence-electron chi connectivity index (χ1n) is 26.4. The molecule has 20 nitrogen and oxygen atoms in total. The lowest BCUT2D eigenvalue weighted by Crippen LogP contribution is -2.24. The molecule has 4 amide bonds. The second-order valence-electron chi connectivity index (χ2n) is 19.3. The van der Waals surface area contributed by atoms with Gasteiger partial charge in [0.15, 0.2) is 23.0 Å². The molecule has 4 N–H and O–H groups in total. The van der Waals surface area contributed by atoms with Gasteiger partial charge in [0, 0.05) is 104 Å². The van der Waals surface area contributed by atoms with Crippen LogP contribution in [0.3, 0.4) is 0 Å². The summed E-state index contributed by atoms with van der Waals surface area (Å²) in [7, 11) is 8.03. The van der Waals surface area contributed by atoms with Gasteiger partial charge in [0.2, 0.25) is 35.2 Å². The monoisotopic (exact) mass is 1260 g/mol. The van der Waals surface area contributed by atoms with E-state index in [1.54, 1.807) is 66.2 Å². The number of aromatic nitrogens is 5. The maximum atomic E-state index is 14.2. The van der Waals surface area contributed by atoms with Gasteiger partial charge in [-0.1, -0.05) is 12.1 Å². The van der Waals surface area contributed by atoms with Crippen molar-refractivity contribution in [1.82, 2.24) is 29.7 Å². The lowest BCUT2D eigenvalue weighted by Gasteiger charge is -2.17. The minimum atomic E-state index is -0.551. The summed E-state index contributed by atoms with van der Waals surface area (Å²) in [5.41, 5.74) is 9.55. The molecular weight excluding hydrogens is 1190 g/mol. The number of benzene rings is 4. The number of allylic oxidation sites excluding steroid dienone is 1. The smallest absolute Gasteiger partial charge is 0.223 e. The molecule has 0 radical (unpaired) electrons. The number of carbonyl (C=O) groups is 9. The van der Waals surface area contributed by atoms with E-state index in [1.165, 1.54) is 173 Å². The van der Waals surface area contributed by atoms with Gasteiger partial charge >= 0.3 is 0 Å². The predicted octanol–water partition coefficient (Wildman–Crippen LogP) is 11.2. The van der Waals surface area contributed by atoms with Crippen LogP contribution in [0.5, 0.6) is 0 Å². The highest BCUT2D eigenvalue weighted by molar-refractivity contribution is 7.12. The Kier molecular flexibility index (Phi) is 24.6. The minimum absolute atomic E-state index is 0.0326. The summed E-state index contributed by atoms with van der Waals surface area (Å²) in [6.07, 6.45) is 7.51. The summed E-state index contributed by atoms with van der Waals surface area (Å²) >= 11 is 2.75. The van der Waals surface area contributed by atoms with Gasteiger partial charge in [0.1, 0.15) is 29.1 Å². The third kappa shape index (κ3) is 18.7. The number of halogens is 4. The Hall–Kier alpha value is -10.6. The van der Waals surface area contributed by atoms with Crippen LogP contribution < -0.4 is 25.8 Å². The molecule has 0 spiro atoms. The first-order chi connectivity index (χ1) is 42.0. The van der Waals surface area contributed by atoms with Crippen LogP contribution in [0.15, 0.2) is 145 Å². The van der Waals surface area contributed by atoms with Gasteiger partial charge in [-0.05, 0) is 116 Å². The fourth-order valence-electron chi connectivity index (χ4n) is 7.52. The Bertz CT molecular complexity index is 4110. The van der Waals surface area contributed by atoms with Gasteiger partial charge in [-0.15, -0.1) is 22.7 Å². The number of nitrogens with zero attached hydrogens (tertiary/aromatic N) is 8. The van der Waals surface area contributed by atoms with Crippen molar-refractivity contribution in [2.24, 2.45) is 0 Å². The maximum absolute atomic E-state index is 14.2. The molecule has 0 unspecified atom stereocenters. The van der Waals surface area contributed by atoms with E-state index in [0.717, 1.165) is 6.07 Å². The number of anilines is 5. The van der Waals surface area contributed by atoms with Gasteiger partial charge in [0.05, 0.1) is 61.7 Å². The van der Waals surface area contributed by atoms with E-state index in [-0.39, 0.29) is 75.3 Å². The molecule has 0 fully saturated rings. The zero-order valence-electron chi connectivity index (χ0n) is 50.0. The van der Waals surface area contributed by atoms with Gasteiger partial charge in [-0.2, -0.15) is 10.2 Å². The Balaban J connectivity index is 0.000000210. The number of nitrogen functional groups attached to an aromatic ring is 1. The molecule has 4 aromatic carbocycles. The van der Waals surface area contributed by atoms with Gasteiger partial charge in [-0.3, -0.25) is 48.2 Å². The standard InChI is InChI=1S/C20H15FN4O2S.C14H17FN2O2.C11H12FNO2.C10H10FNO2.C8H7N3OS/c1-12(26)24(2)17-10-13(5-6-15(17)21)16-7-8-22-20-14(11-23-25(16)20)19(27)18-4-3-9-28-18;1-10(18)17(4)13-9-11(5-6-12(13)15)14(19)7-8-16(2)3;1-7(14)9-4-5-10(12)11(6-9)13(3)8(2)15;1-6(13)8-3-4-9(11)10(5-8)12-7(2)14;9-8-5(4-10-11-8)7(12)6-2-1-3-13-6/h3-11H,1-2H3;5-9H,1-4H3;4-6H,1-3H3;3-5H,1-2H3,(H,12,14);1-4H,(H3,9,10,11)/b;8-7+;;;. The van der Waals surface area contributed by atoms with Crippen LogP contribution in [-0.4, -0.2) is 117 Å². The molecule has 0 aliphatic heterocycles. The van der Waals surface area contributed by atoms with Gasteiger partial charge in [-0.25, -0.2) is 27.1 Å². The zero-order valence-corrected chi connectivity index (χ0v) is 51.6. The minimum Gasteiger partial charge on any atom is -0.383 e. The Morgan fingerprint density at radius 3 is 1.51 bits per heavy atom. The fourth-order valence-corrected chi connectivity index (χ4v) is 8.88. The summed E-state index contributed by atoms with van der Waals surface area (Å²) < 4.78 is 55.8. The molecule has 462 valence electrons. The number of hydrogen-bond acceptors (Lipinski definition) is 16. The van der Waals surface area contributed by atoms with Crippen molar-refractivity contribution in [3.8, 4) is 11.3 Å². The number of Topliss-reactive ketones (excluding diaryl/α,β-unsaturated/α-hetero) is 2. The first-order valence-corrected chi connectivity index (χ1v) is 28.2. The van der Waals surface area contributed by atoms with Crippen LogP contribution in [0.2, 0.25) is 0 Å². The third-order valence-corrected chi connectivity index (χ3v) is 14.3. The molecular formula is C63H61F4N11O9S2. The summed E-state index contributed by atoms with van der Waals surface area (Å²) in [6.45, 7) is 8.09. The van der Waals surface area contributed by atoms with Crippen molar-refractivity contribution in [1.29, 1.82) is 0 Å². The van der Waals surface area contributed by atoms with E-state index in [2.05, 4.69) is 25.6 Å². The lowest BCUT2D eigenvalue weighted by molar-refractivity contribution is -0.117. The maximum Gasteiger partial charge on any atom is 0.223 e. The summed E-state index contributed by atoms with van der Waals surface area (Å²) in [4.78, 5) is 114. The fraction of sp³-hybridized carbons (Fsp3) is 0.175. The SMILES string of the molecule is CC(=O)N(C)c1cc(-c2ccnc3c(C(=O)c4cccs4)cnn23)ccc1F.CC(=O)N(C)c1cc(C(=O)/C=C/N(C)C)ccc1F.CC(=O)Nc1cc(C(C)=O)ccc1F.CC(=O)c1ccc(F)c(N(C)C(C)=O)c1.Nc1[nH]ncc1C(=O)c1cccs1. The highest BCUT2D eigenvalue weighted by atomic mass is 32.1. The third-order valence-electron chi connectivity index (χ3n) is 12.6. The number of H-pyrrole nitrogens is 1. The number of thiophene rings is 2. The highest BCUT2D eigenvalue weighted by Crippen LogP contribution is 2.29. The van der Waals surface area contributed by atoms with Crippen LogP contribution in [0.25, 0.3) is 16.9 Å². The van der Waals surface area contributed by atoms with Crippen molar-refractivity contribution in [2.45, 2.75) is 41.5 Å². The molecule has 0 saturated carbocycles. The molecule has 5 heterocycles. The van der Waals surface area contributed by atoms with Crippen molar-refractivity contribution in [2.75, 3.05) is 61.0 Å². The van der Waals surface area contributed by atoms with Gasteiger partial charge < -0.3 is 30.7 Å². The molecule has 26 heteroatoms. The van der Waals surface area contributed by atoms with E-state index in [0.29, 0.717) is 60.3 Å². The number of rotatable bonds is 14. The number of carbonyl (C=O) groups excluding carboxylic acids is 9. The Labute approximate surface area is 516 Å². The van der Waals surface area contributed by atoms with Crippen LogP contribution in [-0.2, 0) is 19.2 Å². The molecule has 89 heavy (non-hydrogen) atoms. The second kappa shape index (κ2) is 31.7. The molecule has 5 aromatic heterocycles. The Morgan fingerprint density at radius 1 is 0.573 bits per heavy atom. The average molecular weight is 1260 g/mol. The highest BCUT2D eigenvalue weighted by Gasteiger charge is 2.21. The molecule has 0 aliphatic rings. The molecule has 0 bridgehead atoms.